The quantitative estimate of drug-likeness (QED) is 0.827. The van der Waals surface area contributed by atoms with Gasteiger partial charge in [0.1, 0.15) is 5.69 Å². The van der Waals surface area contributed by atoms with Gasteiger partial charge >= 0.3 is 0 Å². The van der Waals surface area contributed by atoms with Crippen LogP contribution in [0.1, 0.15) is 26.7 Å². The monoisotopic (exact) mass is 280 g/mol. The molecule has 1 heterocycles. The highest BCUT2D eigenvalue weighted by Gasteiger charge is 2.31. The second-order valence-electron chi connectivity index (χ2n) is 4.93. The van der Waals surface area contributed by atoms with Crippen molar-refractivity contribution in [2.45, 2.75) is 32.2 Å². The molecule has 0 aromatic carbocycles. The zero-order valence-electron chi connectivity index (χ0n) is 12.9. The van der Waals surface area contributed by atoms with E-state index in [2.05, 4.69) is 10.3 Å². The van der Waals surface area contributed by atoms with Crippen LogP contribution < -0.4 is 20.7 Å². The minimum atomic E-state index is -0.884. The van der Waals surface area contributed by atoms with Crippen LogP contribution in [0.25, 0.3) is 0 Å². The summed E-state index contributed by atoms with van der Waals surface area (Å²) in [5, 5.41) is 2.86. The number of nitrogens with two attached hydrogens (primary N) is 1. The normalized spacial score (nSPS) is 11.1. The summed E-state index contributed by atoms with van der Waals surface area (Å²) in [4.78, 5) is 18.4. The fraction of sp³-hybridized carbons (Fsp3) is 0.571. The Balaban J connectivity index is 3.16. The second kappa shape index (κ2) is 6.56. The van der Waals surface area contributed by atoms with E-state index in [0.717, 1.165) is 5.69 Å². The molecule has 20 heavy (non-hydrogen) atoms. The second-order valence-corrected chi connectivity index (χ2v) is 4.93. The van der Waals surface area contributed by atoms with Crippen molar-refractivity contribution in [2.24, 2.45) is 5.73 Å². The van der Waals surface area contributed by atoms with Crippen LogP contribution in [0.4, 0.5) is 11.4 Å². The number of pyridine rings is 1. The molecule has 0 saturated carbocycles. The SMILES string of the molecule is CCC(N)(CC)C(=O)Nc1c(N(C)C)ccnc1OC. The van der Waals surface area contributed by atoms with Crippen LogP contribution in [0.3, 0.4) is 0 Å². The van der Waals surface area contributed by atoms with Crippen LogP contribution in [0.15, 0.2) is 12.3 Å². The Labute approximate surface area is 120 Å². The molecular formula is C14H24N4O2. The Bertz CT molecular complexity index is 470. The standard InChI is InChI=1S/C14H24N4O2/c1-6-14(15,7-2)13(19)17-11-10(18(3)4)8-9-16-12(11)20-5/h8-9H,6-7,15H2,1-5H3,(H,17,19). The molecule has 112 valence electrons. The number of nitrogens with one attached hydrogen (secondary N) is 1. The lowest BCUT2D eigenvalue weighted by molar-refractivity contribution is -0.121. The first kappa shape index (κ1) is 16.2. The van der Waals surface area contributed by atoms with Gasteiger partial charge in [0.15, 0.2) is 0 Å². The van der Waals surface area contributed by atoms with Gasteiger partial charge in [0, 0.05) is 20.3 Å². The molecule has 3 N–H and O–H groups in total. The molecule has 0 bridgehead atoms. The van der Waals surface area contributed by atoms with E-state index in [-0.39, 0.29) is 5.91 Å². The maximum Gasteiger partial charge on any atom is 0.244 e. The number of amides is 1. The highest BCUT2D eigenvalue weighted by Crippen LogP contribution is 2.32. The summed E-state index contributed by atoms with van der Waals surface area (Å²) in [6.45, 7) is 3.80. The number of methoxy groups -OCH3 is 1. The molecule has 0 aliphatic heterocycles. The van der Waals surface area contributed by atoms with E-state index >= 15 is 0 Å². The van der Waals surface area contributed by atoms with Gasteiger partial charge in [-0.25, -0.2) is 4.98 Å². The third-order valence-electron chi connectivity index (χ3n) is 3.52. The third kappa shape index (κ3) is 3.19. The molecule has 0 saturated heterocycles. The summed E-state index contributed by atoms with van der Waals surface area (Å²) in [5.41, 5.74) is 6.60. The van der Waals surface area contributed by atoms with Gasteiger partial charge in [-0.15, -0.1) is 0 Å². The molecule has 0 spiro atoms. The number of carbonyl (C=O) groups is 1. The molecule has 0 aliphatic rings. The lowest BCUT2D eigenvalue weighted by Crippen LogP contribution is -2.50. The number of hydrogen-bond acceptors (Lipinski definition) is 5. The Morgan fingerprint density at radius 1 is 1.45 bits per heavy atom. The average molecular weight is 280 g/mol. The van der Waals surface area contributed by atoms with E-state index in [9.17, 15) is 4.79 Å². The average Bonchev–Trinajstić information content (AvgIpc) is 2.46. The molecule has 0 radical (unpaired) electrons. The molecule has 0 aliphatic carbocycles. The lowest BCUT2D eigenvalue weighted by Gasteiger charge is -2.27. The zero-order valence-corrected chi connectivity index (χ0v) is 12.9. The predicted molar refractivity (Wildman–Crippen MR) is 81.2 cm³/mol. The first-order valence-corrected chi connectivity index (χ1v) is 6.70. The Morgan fingerprint density at radius 2 is 2.05 bits per heavy atom. The molecule has 6 nitrogen and oxygen atoms in total. The van der Waals surface area contributed by atoms with Crippen molar-refractivity contribution < 1.29 is 9.53 Å². The zero-order chi connectivity index (χ0) is 15.3. The van der Waals surface area contributed by atoms with Crippen molar-refractivity contribution in [2.75, 3.05) is 31.4 Å². The molecule has 1 aromatic rings. The van der Waals surface area contributed by atoms with Gasteiger partial charge in [-0.05, 0) is 18.9 Å². The van der Waals surface area contributed by atoms with Gasteiger partial charge in [0.2, 0.25) is 11.8 Å². The van der Waals surface area contributed by atoms with E-state index < -0.39 is 5.54 Å². The van der Waals surface area contributed by atoms with E-state index in [4.69, 9.17) is 10.5 Å². The maximum absolute atomic E-state index is 12.4. The minimum absolute atomic E-state index is 0.225. The van der Waals surface area contributed by atoms with Crippen LogP contribution in [0.2, 0.25) is 0 Å². The van der Waals surface area contributed by atoms with Crippen molar-refractivity contribution in [3.8, 4) is 5.88 Å². The topological polar surface area (TPSA) is 80.5 Å². The van der Waals surface area contributed by atoms with Crippen molar-refractivity contribution in [1.29, 1.82) is 0 Å². The molecular weight excluding hydrogens is 256 g/mol. The van der Waals surface area contributed by atoms with Crippen LogP contribution in [0, 0.1) is 0 Å². The van der Waals surface area contributed by atoms with Crippen molar-refractivity contribution >= 4 is 17.3 Å². The van der Waals surface area contributed by atoms with Crippen molar-refractivity contribution in [3.05, 3.63) is 12.3 Å². The van der Waals surface area contributed by atoms with Crippen LogP contribution in [0.5, 0.6) is 5.88 Å². The number of aromatic nitrogens is 1. The number of anilines is 2. The Morgan fingerprint density at radius 3 is 2.50 bits per heavy atom. The fourth-order valence-corrected chi connectivity index (χ4v) is 1.89. The van der Waals surface area contributed by atoms with Gasteiger partial charge in [0.05, 0.1) is 18.3 Å². The van der Waals surface area contributed by atoms with E-state index in [1.54, 1.807) is 6.20 Å². The molecule has 1 aromatic heterocycles. The summed E-state index contributed by atoms with van der Waals surface area (Å²) in [5.74, 6) is 0.149. The smallest absolute Gasteiger partial charge is 0.244 e. The number of rotatable bonds is 6. The predicted octanol–water partition coefficient (Wildman–Crippen LogP) is 1.61. The molecule has 1 amide bonds. The van der Waals surface area contributed by atoms with Crippen LogP contribution in [-0.2, 0) is 4.79 Å². The minimum Gasteiger partial charge on any atom is -0.479 e. The van der Waals surface area contributed by atoms with Crippen LogP contribution in [-0.4, -0.2) is 37.6 Å². The van der Waals surface area contributed by atoms with E-state index in [1.807, 2.05) is 38.9 Å². The Hall–Kier alpha value is -1.82. The number of hydrogen-bond donors (Lipinski definition) is 2. The largest absolute Gasteiger partial charge is 0.479 e. The molecule has 1 rings (SSSR count). The van der Waals surface area contributed by atoms with Crippen molar-refractivity contribution in [3.63, 3.8) is 0 Å². The highest BCUT2D eigenvalue weighted by molar-refractivity contribution is 6.01. The first-order valence-electron chi connectivity index (χ1n) is 6.70. The molecule has 6 heteroatoms. The van der Waals surface area contributed by atoms with Crippen LogP contribution >= 0.6 is 0 Å². The summed E-state index contributed by atoms with van der Waals surface area (Å²) < 4.78 is 5.22. The van der Waals surface area contributed by atoms with E-state index in [0.29, 0.717) is 24.4 Å². The molecule has 0 atom stereocenters. The van der Waals surface area contributed by atoms with Gasteiger partial charge < -0.3 is 20.7 Å². The Kier molecular flexibility index (Phi) is 5.33. The van der Waals surface area contributed by atoms with Gasteiger partial charge in [-0.3, -0.25) is 4.79 Å². The number of ether oxygens (including phenoxy) is 1. The van der Waals surface area contributed by atoms with Gasteiger partial charge in [0.25, 0.3) is 0 Å². The lowest BCUT2D eigenvalue weighted by atomic mass is 9.93. The van der Waals surface area contributed by atoms with E-state index in [1.165, 1.54) is 7.11 Å². The summed E-state index contributed by atoms with van der Waals surface area (Å²) in [6.07, 6.45) is 2.77. The summed E-state index contributed by atoms with van der Waals surface area (Å²) in [6, 6.07) is 1.81. The first-order chi connectivity index (χ1) is 9.39. The van der Waals surface area contributed by atoms with Gasteiger partial charge in [-0.2, -0.15) is 0 Å². The maximum atomic E-state index is 12.4. The number of carbonyl (C=O) groups excluding carboxylic acids is 1. The molecule has 0 unspecified atom stereocenters. The third-order valence-corrected chi connectivity index (χ3v) is 3.52. The molecule has 0 fully saturated rings. The van der Waals surface area contributed by atoms with Gasteiger partial charge in [-0.1, -0.05) is 13.8 Å². The fourth-order valence-electron chi connectivity index (χ4n) is 1.89. The van der Waals surface area contributed by atoms with Crippen molar-refractivity contribution in [1.82, 2.24) is 4.98 Å². The highest BCUT2D eigenvalue weighted by atomic mass is 16.5. The summed E-state index contributed by atoms with van der Waals surface area (Å²) >= 11 is 0. The summed E-state index contributed by atoms with van der Waals surface area (Å²) in [7, 11) is 5.30. The number of nitrogens with zero attached hydrogens (tertiary/aromatic N) is 2.